The topological polar surface area (TPSA) is 68.3 Å². The molecule has 0 saturated carbocycles. The number of ether oxygens (including phenoxy) is 1. The smallest absolute Gasteiger partial charge is 0.242 e. The van der Waals surface area contributed by atoms with Gasteiger partial charge in [-0.05, 0) is 28.9 Å². The van der Waals surface area contributed by atoms with Crippen LogP contribution in [-0.2, 0) is 14.8 Å². The van der Waals surface area contributed by atoms with Crippen molar-refractivity contribution in [2.75, 3.05) is 19.8 Å². The summed E-state index contributed by atoms with van der Waals surface area (Å²) in [4.78, 5) is 3.93. The Balaban J connectivity index is 2.48. The molecule has 0 aliphatic carbocycles. The molecule has 1 aromatic rings. The zero-order valence-electron chi connectivity index (χ0n) is 10.0. The molecular formula is C11H15BrN2O3S. The van der Waals surface area contributed by atoms with Crippen molar-refractivity contribution in [2.24, 2.45) is 0 Å². The lowest BCUT2D eigenvalue weighted by Gasteiger charge is -2.07. The molecule has 0 unspecified atom stereocenters. The van der Waals surface area contributed by atoms with Crippen LogP contribution in [-0.4, -0.2) is 33.2 Å². The van der Waals surface area contributed by atoms with Gasteiger partial charge in [0.2, 0.25) is 10.0 Å². The maximum absolute atomic E-state index is 11.8. The van der Waals surface area contributed by atoms with Crippen LogP contribution >= 0.6 is 15.9 Å². The molecule has 0 saturated heterocycles. The van der Waals surface area contributed by atoms with Gasteiger partial charge >= 0.3 is 0 Å². The van der Waals surface area contributed by atoms with Crippen LogP contribution in [0.2, 0.25) is 0 Å². The lowest BCUT2D eigenvalue weighted by molar-refractivity contribution is 0.162. The van der Waals surface area contributed by atoms with E-state index in [2.05, 4.69) is 32.2 Å². The van der Waals surface area contributed by atoms with Crippen molar-refractivity contribution in [2.45, 2.75) is 11.8 Å². The summed E-state index contributed by atoms with van der Waals surface area (Å²) in [6.45, 7) is 6.47. The summed E-state index contributed by atoms with van der Waals surface area (Å²) in [6, 6.07) is 1.49. The van der Waals surface area contributed by atoms with Gasteiger partial charge in [0.15, 0.2) is 0 Å². The van der Waals surface area contributed by atoms with E-state index in [1.54, 1.807) is 0 Å². The Morgan fingerprint density at radius 1 is 1.56 bits per heavy atom. The van der Waals surface area contributed by atoms with Gasteiger partial charge in [0.05, 0.1) is 13.2 Å². The quantitative estimate of drug-likeness (QED) is 0.608. The van der Waals surface area contributed by atoms with E-state index in [9.17, 15) is 8.42 Å². The minimum Gasteiger partial charge on any atom is -0.376 e. The van der Waals surface area contributed by atoms with E-state index in [1.165, 1.54) is 18.5 Å². The van der Waals surface area contributed by atoms with E-state index in [1.807, 2.05) is 6.92 Å². The van der Waals surface area contributed by atoms with Crippen LogP contribution in [0.5, 0.6) is 0 Å². The van der Waals surface area contributed by atoms with Crippen molar-refractivity contribution < 1.29 is 13.2 Å². The minimum absolute atomic E-state index is 0.122. The first-order valence-electron chi connectivity index (χ1n) is 5.24. The van der Waals surface area contributed by atoms with Crippen LogP contribution in [0, 0.1) is 0 Å². The number of nitrogens with one attached hydrogen (secondary N) is 1. The van der Waals surface area contributed by atoms with Crippen molar-refractivity contribution in [3.63, 3.8) is 0 Å². The highest BCUT2D eigenvalue weighted by Crippen LogP contribution is 2.13. The molecule has 1 heterocycles. The summed E-state index contributed by atoms with van der Waals surface area (Å²) < 4.78 is 31.9. The van der Waals surface area contributed by atoms with Gasteiger partial charge in [0, 0.05) is 23.4 Å². The second kappa shape index (κ2) is 6.98. The fourth-order valence-electron chi connectivity index (χ4n) is 1.12. The Morgan fingerprint density at radius 3 is 2.89 bits per heavy atom. The highest BCUT2D eigenvalue weighted by atomic mass is 79.9. The number of sulfonamides is 1. The van der Waals surface area contributed by atoms with Gasteiger partial charge in [-0.1, -0.05) is 12.2 Å². The summed E-state index contributed by atoms with van der Waals surface area (Å²) in [5.41, 5.74) is 0.897. The first kappa shape index (κ1) is 15.3. The van der Waals surface area contributed by atoms with E-state index < -0.39 is 10.0 Å². The normalized spacial score (nSPS) is 11.4. The van der Waals surface area contributed by atoms with Gasteiger partial charge in [0.25, 0.3) is 0 Å². The standard InChI is InChI=1S/C11H15BrN2O3S/c1-9(2)8-17-4-3-14-18(15,16)11-5-10(12)6-13-7-11/h5-7,14H,1,3-4,8H2,2H3. The van der Waals surface area contributed by atoms with Crippen LogP contribution in [0.25, 0.3) is 0 Å². The highest BCUT2D eigenvalue weighted by Gasteiger charge is 2.13. The van der Waals surface area contributed by atoms with Gasteiger partial charge in [-0.3, -0.25) is 4.98 Å². The Bertz CT molecular complexity index is 517. The number of halogens is 1. The van der Waals surface area contributed by atoms with E-state index in [4.69, 9.17) is 4.74 Å². The number of pyridine rings is 1. The molecule has 0 amide bonds. The molecular weight excluding hydrogens is 320 g/mol. The van der Waals surface area contributed by atoms with Crippen LogP contribution in [0.1, 0.15) is 6.92 Å². The monoisotopic (exact) mass is 334 g/mol. The van der Waals surface area contributed by atoms with E-state index in [0.29, 0.717) is 17.7 Å². The van der Waals surface area contributed by atoms with Crippen molar-refractivity contribution in [1.29, 1.82) is 0 Å². The third-order valence-corrected chi connectivity index (χ3v) is 3.74. The molecule has 0 bridgehead atoms. The number of nitrogens with zero attached hydrogens (tertiary/aromatic N) is 1. The van der Waals surface area contributed by atoms with Crippen molar-refractivity contribution in [3.05, 3.63) is 35.1 Å². The average Bonchev–Trinajstić information content (AvgIpc) is 2.28. The van der Waals surface area contributed by atoms with Crippen molar-refractivity contribution in [3.8, 4) is 0 Å². The van der Waals surface area contributed by atoms with Gasteiger partial charge in [-0.2, -0.15) is 0 Å². The molecule has 0 fully saturated rings. The summed E-state index contributed by atoms with van der Waals surface area (Å²) in [5.74, 6) is 0. The second-order valence-corrected chi connectivity index (χ2v) is 6.43. The van der Waals surface area contributed by atoms with Gasteiger partial charge < -0.3 is 4.74 Å². The van der Waals surface area contributed by atoms with Crippen LogP contribution < -0.4 is 4.72 Å². The van der Waals surface area contributed by atoms with Crippen LogP contribution in [0.4, 0.5) is 0 Å². The predicted octanol–water partition coefficient (Wildman–Crippen LogP) is 1.72. The molecule has 0 radical (unpaired) electrons. The molecule has 0 spiro atoms. The third-order valence-electron chi connectivity index (χ3n) is 1.88. The molecule has 7 heteroatoms. The maximum atomic E-state index is 11.8. The predicted molar refractivity (Wildman–Crippen MR) is 72.8 cm³/mol. The molecule has 1 aromatic heterocycles. The largest absolute Gasteiger partial charge is 0.376 e. The molecule has 0 aromatic carbocycles. The molecule has 100 valence electrons. The van der Waals surface area contributed by atoms with E-state index in [0.717, 1.165) is 5.57 Å². The molecule has 5 nitrogen and oxygen atoms in total. The summed E-state index contributed by atoms with van der Waals surface area (Å²) in [5, 5.41) is 0. The Kier molecular flexibility index (Phi) is 5.94. The van der Waals surface area contributed by atoms with E-state index >= 15 is 0 Å². The molecule has 0 aliphatic heterocycles. The van der Waals surface area contributed by atoms with Crippen molar-refractivity contribution in [1.82, 2.24) is 9.71 Å². The maximum Gasteiger partial charge on any atom is 0.242 e. The lowest BCUT2D eigenvalue weighted by Crippen LogP contribution is -2.27. The zero-order valence-corrected chi connectivity index (χ0v) is 12.4. The fraction of sp³-hybridized carbons (Fsp3) is 0.364. The summed E-state index contributed by atoms with van der Waals surface area (Å²) in [7, 11) is -3.53. The zero-order chi connectivity index (χ0) is 13.6. The first-order valence-corrected chi connectivity index (χ1v) is 7.52. The van der Waals surface area contributed by atoms with Gasteiger partial charge in [-0.15, -0.1) is 0 Å². The van der Waals surface area contributed by atoms with Gasteiger partial charge in [-0.25, -0.2) is 13.1 Å². The fourth-order valence-corrected chi connectivity index (χ4v) is 2.63. The first-order chi connectivity index (χ1) is 8.42. The minimum atomic E-state index is -3.53. The third kappa shape index (κ3) is 5.26. The van der Waals surface area contributed by atoms with Gasteiger partial charge in [0.1, 0.15) is 4.90 Å². The van der Waals surface area contributed by atoms with Crippen LogP contribution in [0.3, 0.4) is 0 Å². The number of rotatable bonds is 7. The number of hydrogen-bond donors (Lipinski definition) is 1. The Hall–Kier alpha value is -0.760. The average molecular weight is 335 g/mol. The molecule has 0 aliphatic rings. The highest BCUT2D eigenvalue weighted by molar-refractivity contribution is 9.10. The molecule has 18 heavy (non-hydrogen) atoms. The molecule has 0 atom stereocenters. The number of aromatic nitrogens is 1. The molecule has 1 N–H and O–H groups in total. The SMILES string of the molecule is C=C(C)COCCNS(=O)(=O)c1cncc(Br)c1. The van der Waals surface area contributed by atoms with E-state index in [-0.39, 0.29) is 11.4 Å². The second-order valence-electron chi connectivity index (χ2n) is 3.75. The van der Waals surface area contributed by atoms with Crippen LogP contribution in [0.15, 0.2) is 40.0 Å². The number of hydrogen-bond acceptors (Lipinski definition) is 4. The van der Waals surface area contributed by atoms with Crippen molar-refractivity contribution >= 4 is 26.0 Å². The summed E-state index contributed by atoms with van der Waals surface area (Å²) in [6.07, 6.45) is 2.82. The molecule has 1 rings (SSSR count). The lowest BCUT2D eigenvalue weighted by atomic mass is 10.4. The Morgan fingerprint density at radius 2 is 2.28 bits per heavy atom. The Labute approximate surface area is 115 Å². The summed E-state index contributed by atoms with van der Waals surface area (Å²) >= 11 is 3.17.